The number of hydrogen-bond donors (Lipinski definition) is 1. The summed E-state index contributed by atoms with van der Waals surface area (Å²) >= 11 is 0. The van der Waals surface area contributed by atoms with E-state index in [4.69, 9.17) is 5.73 Å². The van der Waals surface area contributed by atoms with Crippen molar-refractivity contribution in [1.29, 1.82) is 0 Å². The molecule has 1 fully saturated rings. The third-order valence-corrected chi connectivity index (χ3v) is 4.24. The third kappa shape index (κ3) is 1.67. The molecule has 0 aromatic carbocycles. The zero-order valence-corrected chi connectivity index (χ0v) is 11.1. The number of rotatable bonds is 1. The summed E-state index contributed by atoms with van der Waals surface area (Å²) in [5.74, 6) is 0.601. The first-order valence-corrected chi connectivity index (χ1v) is 6.68. The van der Waals surface area contributed by atoms with E-state index in [1.165, 1.54) is 25.7 Å². The second kappa shape index (κ2) is 3.97. The van der Waals surface area contributed by atoms with Gasteiger partial charge in [-0.15, -0.1) is 0 Å². The SMILES string of the molecule is CC1(C)CCCCC1n1c(N)nc2cccnc21. The van der Waals surface area contributed by atoms with E-state index in [9.17, 15) is 0 Å². The standard InChI is InChI=1S/C14H20N4/c1-14(2)8-4-3-7-11(14)18-12-10(17-13(18)15)6-5-9-16-12/h5-6,9,11H,3-4,7-8H2,1-2H3,(H2,15,17). The smallest absolute Gasteiger partial charge is 0.202 e. The van der Waals surface area contributed by atoms with Crippen LogP contribution in [0.1, 0.15) is 45.6 Å². The molecule has 4 heteroatoms. The summed E-state index contributed by atoms with van der Waals surface area (Å²) in [6.07, 6.45) is 6.79. The molecule has 1 aliphatic carbocycles. The van der Waals surface area contributed by atoms with Crippen molar-refractivity contribution in [2.24, 2.45) is 5.41 Å². The van der Waals surface area contributed by atoms with Gasteiger partial charge in [-0.25, -0.2) is 9.97 Å². The maximum Gasteiger partial charge on any atom is 0.202 e. The summed E-state index contributed by atoms with van der Waals surface area (Å²) in [5, 5.41) is 0. The molecule has 2 aromatic heterocycles. The van der Waals surface area contributed by atoms with Gasteiger partial charge in [0.2, 0.25) is 5.95 Å². The number of pyridine rings is 1. The average Bonchev–Trinajstić information content (AvgIpc) is 2.65. The lowest BCUT2D eigenvalue weighted by molar-refractivity contribution is 0.149. The fourth-order valence-electron chi connectivity index (χ4n) is 3.21. The van der Waals surface area contributed by atoms with E-state index >= 15 is 0 Å². The maximum absolute atomic E-state index is 6.12. The van der Waals surface area contributed by atoms with Gasteiger partial charge in [0.05, 0.1) is 0 Å². The Morgan fingerprint density at radius 3 is 3.00 bits per heavy atom. The predicted octanol–water partition coefficient (Wildman–Crippen LogP) is 3.15. The van der Waals surface area contributed by atoms with Gasteiger partial charge in [0, 0.05) is 12.2 Å². The lowest BCUT2D eigenvalue weighted by Crippen LogP contribution is -2.31. The van der Waals surface area contributed by atoms with Gasteiger partial charge in [-0.3, -0.25) is 4.57 Å². The van der Waals surface area contributed by atoms with E-state index in [1.54, 1.807) is 0 Å². The Morgan fingerprint density at radius 1 is 1.39 bits per heavy atom. The number of aromatic nitrogens is 3. The van der Waals surface area contributed by atoms with Crippen LogP contribution in [0.4, 0.5) is 5.95 Å². The van der Waals surface area contributed by atoms with Crippen molar-refractivity contribution < 1.29 is 0 Å². The molecule has 0 aliphatic heterocycles. The van der Waals surface area contributed by atoms with Crippen LogP contribution in [0.15, 0.2) is 18.3 Å². The van der Waals surface area contributed by atoms with E-state index in [1.807, 2.05) is 18.3 Å². The normalized spacial score (nSPS) is 23.3. The topological polar surface area (TPSA) is 56.7 Å². The number of anilines is 1. The fourth-order valence-corrected chi connectivity index (χ4v) is 3.21. The van der Waals surface area contributed by atoms with Gasteiger partial charge < -0.3 is 5.73 Å². The number of nitrogens with two attached hydrogens (primary N) is 1. The molecule has 1 saturated carbocycles. The van der Waals surface area contributed by atoms with E-state index in [-0.39, 0.29) is 5.41 Å². The summed E-state index contributed by atoms with van der Waals surface area (Å²) in [7, 11) is 0. The molecule has 2 aromatic rings. The first-order valence-electron chi connectivity index (χ1n) is 6.68. The van der Waals surface area contributed by atoms with E-state index in [0.717, 1.165) is 11.2 Å². The Kier molecular flexibility index (Phi) is 2.54. The number of fused-ring (bicyclic) bond motifs is 1. The Balaban J connectivity index is 2.16. The van der Waals surface area contributed by atoms with Crippen LogP contribution in [-0.4, -0.2) is 14.5 Å². The molecule has 0 amide bonds. The fraction of sp³-hybridized carbons (Fsp3) is 0.571. The highest BCUT2D eigenvalue weighted by Crippen LogP contribution is 2.45. The Labute approximate surface area is 107 Å². The highest BCUT2D eigenvalue weighted by molar-refractivity contribution is 5.74. The minimum absolute atomic E-state index is 0.261. The van der Waals surface area contributed by atoms with Crippen LogP contribution in [0, 0.1) is 5.41 Å². The molecule has 4 nitrogen and oxygen atoms in total. The van der Waals surface area contributed by atoms with Crippen LogP contribution in [0.5, 0.6) is 0 Å². The van der Waals surface area contributed by atoms with Gasteiger partial charge in [-0.2, -0.15) is 0 Å². The summed E-state index contributed by atoms with van der Waals surface area (Å²) in [5.41, 5.74) is 8.20. The molecular formula is C14H20N4. The van der Waals surface area contributed by atoms with Crippen molar-refractivity contribution in [3.05, 3.63) is 18.3 Å². The van der Waals surface area contributed by atoms with Gasteiger partial charge in [0.15, 0.2) is 5.65 Å². The summed E-state index contributed by atoms with van der Waals surface area (Å²) in [4.78, 5) is 8.90. The van der Waals surface area contributed by atoms with Crippen LogP contribution in [0.2, 0.25) is 0 Å². The molecule has 1 unspecified atom stereocenters. The van der Waals surface area contributed by atoms with Crippen LogP contribution < -0.4 is 5.73 Å². The monoisotopic (exact) mass is 244 g/mol. The largest absolute Gasteiger partial charge is 0.369 e. The van der Waals surface area contributed by atoms with E-state index < -0.39 is 0 Å². The minimum Gasteiger partial charge on any atom is -0.369 e. The molecule has 3 rings (SSSR count). The number of nitrogens with zero attached hydrogens (tertiary/aromatic N) is 3. The Hall–Kier alpha value is -1.58. The molecule has 0 spiro atoms. The lowest BCUT2D eigenvalue weighted by atomic mass is 9.73. The van der Waals surface area contributed by atoms with Crippen molar-refractivity contribution in [2.75, 3.05) is 5.73 Å². The third-order valence-electron chi connectivity index (χ3n) is 4.24. The molecule has 0 radical (unpaired) electrons. The zero-order valence-electron chi connectivity index (χ0n) is 11.1. The Bertz CT molecular complexity index is 570. The predicted molar refractivity (Wildman–Crippen MR) is 73.2 cm³/mol. The highest BCUT2D eigenvalue weighted by atomic mass is 15.2. The molecule has 18 heavy (non-hydrogen) atoms. The van der Waals surface area contributed by atoms with Gasteiger partial charge in [-0.05, 0) is 30.4 Å². The second-order valence-electron chi connectivity index (χ2n) is 5.94. The quantitative estimate of drug-likeness (QED) is 0.838. The van der Waals surface area contributed by atoms with Crippen LogP contribution >= 0.6 is 0 Å². The molecule has 0 bridgehead atoms. The molecule has 2 heterocycles. The first-order chi connectivity index (χ1) is 8.59. The minimum atomic E-state index is 0.261. The second-order valence-corrected chi connectivity index (χ2v) is 5.94. The highest BCUT2D eigenvalue weighted by Gasteiger charge is 2.35. The van der Waals surface area contributed by atoms with Crippen molar-refractivity contribution in [2.45, 2.75) is 45.6 Å². The number of imidazole rings is 1. The van der Waals surface area contributed by atoms with Crippen LogP contribution in [0.25, 0.3) is 11.2 Å². The van der Waals surface area contributed by atoms with E-state index in [0.29, 0.717) is 12.0 Å². The summed E-state index contributed by atoms with van der Waals surface area (Å²) < 4.78 is 2.15. The van der Waals surface area contributed by atoms with Crippen LogP contribution in [0.3, 0.4) is 0 Å². The molecular weight excluding hydrogens is 224 g/mol. The number of hydrogen-bond acceptors (Lipinski definition) is 3. The summed E-state index contributed by atoms with van der Waals surface area (Å²) in [6, 6.07) is 4.29. The van der Waals surface area contributed by atoms with Gasteiger partial charge in [-0.1, -0.05) is 26.7 Å². The van der Waals surface area contributed by atoms with Crippen LogP contribution in [-0.2, 0) is 0 Å². The van der Waals surface area contributed by atoms with Gasteiger partial charge in [0.25, 0.3) is 0 Å². The maximum atomic E-state index is 6.12. The molecule has 96 valence electrons. The van der Waals surface area contributed by atoms with Crippen molar-refractivity contribution in [3.8, 4) is 0 Å². The van der Waals surface area contributed by atoms with Crippen molar-refractivity contribution in [3.63, 3.8) is 0 Å². The van der Waals surface area contributed by atoms with E-state index in [2.05, 4.69) is 28.4 Å². The Morgan fingerprint density at radius 2 is 2.22 bits per heavy atom. The zero-order chi connectivity index (χ0) is 12.8. The average molecular weight is 244 g/mol. The number of nitrogen functional groups attached to an aromatic ring is 1. The van der Waals surface area contributed by atoms with Crippen molar-refractivity contribution in [1.82, 2.24) is 14.5 Å². The van der Waals surface area contributed by atoms with Gasteiger partial charge >= 0.3 is 0 Å². The first kappa shape index (κ1) is 11.5. The summed E-state index contributed by atoms with van der Waals surface area (Å²) in [6.45, 7) is 4.65. The molecule has 0 saturated heterocycles. The van der Waals surface area contributed by atoms with Gasteiger partial charge in [0.1, 0.15) is 5.52 Å². The molecule has 1 aliphatic rings. The van der Waals surface area contributed by atoms with Crippen molar-refractivity contribution >= 4 is 17.1 Å². The lowest BCUT2D eigenvalue weighted by Gasteiger charge is -2.39. The molecule has 1 atom stereocenters. The molecule has 2 N–H and O–H groups in total.